The minimum atomic E-state index is 0.656. The quantitative estimate of drug-likeness (QED) is 0.307. The van der Waals surface area contributed by atoms with Crippen molar-refractivity contribution < 1.29 is 0 Å². The Bertz CT molecular complexity index is 822. The lowest BCUT2D eigenvalue weighted by molar-refractivity contribution is 0.697. The molecule has 0 aliphatic carbocycles. The Hall–Kier alpha value is -2.93. The van der Waals surface area contributed by atoms with Gasteiger partial charge in [0.05, 0.1) is 19.6 Å². The van der Waals surface area contributed by atoms with Crippen molar-refractivity contribution in [2.75, 3.05) is 52.4 Å². The molecular formula is C25H34N6. The molecule has 2 rings (SSSR count). The predicted octanol–water partition coefficient (Wildman–Crippen LogP) is 2.42. The molecule has 0 aliphatic rings. The number of rotatable bonds is 15. The molecule has 2 aromatic carbocycles. The Labute approximate surface area is 186 Å². The topological polar surface area (TPSA) is 87.2 Å². The lowest BCUT2D eigenvalue weighted by atomic mass is 10.1. The van der Waals surface area contributed by atoms with Crippen LogP contribution in [0.25, 0.3) is 6.08 Å². The van der Waals surface area contributed by atoms with Gasteiger partial charge in [0.25, 0.3) is 0 Å². The van der Waals surface area contributed by atoms with Crippen LogP contribution in [0.2, 0.25) is 0 Å². The van der Waals surface area contributed by atoms with Gasteiger partial charge in [0, 0.05) is 51.4 Å². The van der Waals surface area contributed by atoms with Gasteiger partial charge in [-0.3, -0.25) is 15.0 Å². The van der Waals surface area contributed by atoms with E-state index in [-0.39, 0.29) is 0 Å². The molecule has 0 aromatic heterocycles. The maximum Gasteiger partial charge on any atom is 0.0514 e. The molecule has 0 atom stereocenters. The Morgan fingerprint density at radius 3 is 1.32 bits per heavy atom. The van der Waals surface area contributed by atoms with Gasteiger partial charge in [0.15, 0.2) is 0 Å². The summed E-state index contributed by atoms with van der Waals surface area (Å²) in [6, 6.07) is 16.4. The van der Waals surface area contributed by atoms with E-state index in [0.717, 1.165) is 68.1 Å². The third-order valence-corrected chi connectivity index (χ3v) is 4.40. The number of nitrogens with two attached hydrogens (primary N) is 1. The number of nitrogens with one attached hydrogen (secondary N) is 2. The van der Waals surface area contributed by atoms with Crippen LogP contribution < -0.4 is 16.4 Å². The average Bonchev–Trinajstić information content (AvgIpc) is 2.81. The fraction of sp³-hybridized carbons (Fsp3) is 0.320. The zero-order valence-electron chi connectivity index (χ0n) is 18.2. The van der Waals surface area contributed by atoms with Gasteiger partial charge in [0.2, 0.25) is 0 Å². The average molecular weight is 419 g/mol. The first kappa shape index (κ1) is 24.3. The SMILES string of the molecule is C=Cc1ccc(C=NCCNCCN=Cc2ccc(C=NCCNCCN)cc2)cc1. The Morgan fingerprint density at radius 1 is 0.613 bits per heavy atom. The maximum atomic E-state index is 5.43. The Kier molecular flexibility index (Phi) is 12.4. The smallest absolute Gasteiger partial charge is 0.0514 e. The van der Waals surface area contributed by atoms with Gasteiger partial charge in [-0.25, -0.2) is 0 Å². The number of aliphatic imine (C=N–C) groups is 3. The van der Waals surface area contributed by atoms with Crippen LogP contribution in [0.3, 0.4) is 0 Å². The molecule has 0 unspecified atom stereocenters. The van der Waals surface area contributed by atoms with Crippen molar-refractivity contribution >= 4 is 24.7 Å². The molecule has 4 N–H and O–H groups in total. The first-order valence-electron chi connectivity index (χ1n) is 10.8. The fourth-order valence-electron chi connectivity index (χ4n) is 2.68. The van der Waals surface area contributed by atoms with Crippen molar-refractivity contribution in [2.24, 2.45) is 20.7 Å². The molecule has 0 amide bonds. The van der Waals surface area contributed by atoms with Crippen LogP contribution >= 0.6 is 0 Å². The molecule has 6 heteroatoms. The molecule has 31 heavy (non-hydrogen) atoms. The van der Waals surface area contributed by atoms with Crippen LogP contribution in [0, 0.1) is 0 Å². The van der Waals surface area contributed by atoms with Crippen LogP contribution in [-0.4, -0.2) is 71.0 Å². The summed E-state index contributed by atoms with van der Waals surface area (Å²) in [5.74, 6) is 0. The Morgan fingerprint density at radius 2 is 0.968 bits per heavy atom. The molecule has 0 aliphatic heterocycles. The standard InChI is InChI=1S/C25H34N6/c1-2-22-3-5-23(6-4-22)19-30-17-14-28-15-18-31-21-25-9-7-24(8-10-25)20-29-16-13-27-12-11-26/h2-10,19-21,27-28H,1,11-18,26H2. The lowest BCUT2D eigenvalue weighted by Crippen LogP contribution is -2.24. The molecule has 0 heterocycles. The van der Waals surface area contributed by atoms with E-state index in [1.54, 1.807) is 0 Å². The monoisotopic (exact) mass is 418 g/mol. The second kappa shape index (κ2) is 15.8. The summed E-state index contributed by atoms with van der Waals surface area (Å²) in [6.07, 6.45) is 7.54. The first-order chi connectivity index (χ1) is 15.3. The molecule has 0 saturated heterocycles. The van der Waals surface area contributed by atoms with E-state index in [2.05, 4.69) is 56.5 Å². The van der Waals surface area contributed by atoms with Crippen LogP contribution in [0.15, 0.2) is 70.1 Å². The summed E-state index contributed by atoms with van der Waals surface area (Å²) in [7, 11) is 0. The largest absolute Gasteiger partial charge is 0.329 e. The van der Waals surface area contributed by atoms with Crippen molar-refractivity contribution in [1.82, 2.24) is 10.6 Å². The van der Waals surface area contributed by atoms with Crippen LogP contribution in [0.4, 0.5) is 0 Å². The molecule has 0 spiro atoms. The molecule has 164 valence electrons. The van der Waals surface area contributed by atoms with Gasteiger partial charge >= 0.3 is 0 Å². The van der Waals surface area contributed by atoms with E-state index in [1.807, 2.05) is 49.0 Å². The van der Waals surface area contributed by atoms with Crippen molar-refractivity contribution in [2.45, 2.75) is 0 Å². The molecule has 0 fully saturated rings. The van der Waals surface area contributed by atoms with Crippen molar-refractivity contribution in [3.8, 4) is 0 Å². The molecular weight excluding hydrogens is 384 g/mol. The molecule has 0 bridgehead atoms. The van der Waals surface area contributed by atoms with E-state index in [0.29, 0.717) is 6.54 Å². The summed E-state index contributed by atoms with van der Waals surface area (Å²) < 4.78 is 0. The zero-order valence-corrected chi connectivity index (χ0v) is 18.2. The highest BCUT2D eigenvalue weighted by atomic mass is 14.9. The van der Waals surface area contributed by atoms with Gasteiger partial charge in [-0.2, -0.15) is 0 Å². The van der Waals surface area contributed by atoms with E-state index in [4.69, 9.17) is 5.73 Å². The predicted molar refractivity (Wildman–Crippen MR) is 135 cm³/mol. The Balaban J connectivity index is 1.55. The van der Waals surface area contributed by atoms with Crippen molar-refractivity contribution in [3.63, 3.8) is 0 Å². The van der Waals surface area contributed by atoms with Gasteiger partial charge in [0.1, 0.15) is 0 Å². The van der Waals surface area contributed by atoms with Crippen molar-refractivity contribution in [3.05, 3.63) is 77.4 Å². The molecule has 0 saturated carbocycles. The van der Waals surface area contributed by atoms with E-state index in [9.17, 15) is 0 Å². The van der Waals surface area contributed by atoms with E-state index in [1.165, 1.54) is 0 Å². The summed E-state index contributed by atoms with van der Waals surface area (Å²) in [5.41, 5.74) is 9.83. The minimum Gasteiger partial charge on any atom is -0.329 e. The molecule has 6 nitrogen and oxygen atoms in total. The molecule has 2 aromatic rings. The fourth-order valence-corrected chi connectivity index (χ4v) is 2.68. The number of hydrogen-bond donors (Lipinski definition) is 3. The zero-order chi connectivity index (χ0) is 22.0. The normalized spacial score (nSPS) is 11.8. The highest BCUT2D eigenvalue weighted by molar-refractivity contribution is 5.84. The van der Waals surface area contributed by atoms with Crippen LogP contribution in [-0.2, 0) is 0 Å². The first-order valence-corrected chi connectivity index (χ1v) is 10.8. The lowest BCUT2D eigenvalue weighted by Gasteiger charge is -2.00. The maximum absolute atomic E-state index is 5.43. The van der Waals surface area contributed by atoms with Crippen molar-refractivity contribution in [1.29, 1.82) is 0 Å². The number of benzene rings is 2. The summed E-state index contributed by atoms with van der Waals surface area (Å²) in [4.78, 5) is 13.3. The van der Waals surface area contributed by atoms with Gasteiger partial charge in [-0.05, 0) is 22.3 Å². The third-order valence-electron chi connectivity index (χ3n) is 4.40. The summed E-state index contributed by atoms with van der Waals surface area (Å²) >= 11 is 0. The highest BCUT2D eigenvalue weighted by Gasteiger charge is 1.91. The van der Waals surface area contributed by atoms with Gasteiger partial charge in [-0.15, -0.1) is 0 Å². The van der Waals surface area contributed by atoms with Gasteiger partial charge < -0.3 is 16.4 Å². The summed E-state index contributed by atoms with van der Waals surface area (Å²) in [6.45, 7) is 10.0. The van der Waals surface area contributed by atoms with Crippen LogP contribution in [0.5, 0.6) is 0 Å². The number of hydrogen-bond acceptors (Lipinski definition) is 6. The van der Waals surface area contributed by atoms with E-state index >= 15 is 0 Å². The van der Waals surface area contributed by atoms with Crippen LogP contribution in [0.1, 0.15) is 22.3 Å². The summed E-state index contributed by atoms with van der Waals surface area (Å²) in [5, 5.41) is 6.57. The highest BCUT2D eigenvalue weighted by Crippen LogP contribution is 2.03. The van der Waals surface area contributed by atoms with E-state index < -0.39 is 0 Å². The third kappa shape index (κ3) is 11.1. The van der Waals surface area contributed by atoms with Gasteiger partial charge in [-0.1, -0.05) is 61.2 Å². The minimum absolute atomic E-state index is 0.656. The second-order valence-corrected chi connectivity index (χ2v) is 6.93. The number of nitrogens with zero attached hydrogens (tertiary/aromatic N) is 3. The second-order valence-electron chi connectivity index (χ2n) is 6.93. The molecule has 0 radical (unpaired) electrons.